The van der Waals surface area contributed by atoms with Crippen LogP contribution >= 0.6 is 0 Å². The van der Waals surface area contributed by atoms with Crippen LogP contribution in [0.2, 0.25) is 0 Å². The normalized spacial score (nSPS) is 20.9. The third-order valence-electron chi connectivity index (χ3n) is 7.47. The first kappa shape index (κ1) is 27.7. The summed E-state index contributed by atoms with van der Waals surface area (Å²) in [6.45, 7) is 5.05. The fraction of sp³-hybridized carbons (Fsp3) is 0.586. The number of sulfone groups is 1. The van der Waals surface area contributed by atoms with Gasteiger partial charge in [0.1, 0.15) is 0 Å². The van der Waals surface area contributed by atoms with Gasteiger partial charge in [-0.3, -0.25) is 0 Å². The Morgan fingerprint density at radius 3 is 2.20 bits per heavy atom. The van der Waals surface area contributed by atoms with E-state index in [0.29, 0.717) is 17.7 Å². The van der Waals surface area contributed by atoms with Crippen molar-refractivity contribution < 1.29 is 13.5 Å². The van der Waals surface area contributed by atoms with E-state index in [1.54, 1.807) is 6.07 Å². The first-order chi connectivity index (χ1) is 16.5. The number of hydrogen-bond donors (Lipinski definition) is 1. The number of fused-ring (bicyclic) bond motifs is 1. The molecule has 5 nitrogen and oxygen atoms in total. The van der Waals surface area contributed by atoms with Crippen molar-refractivity contribution in [3.8, 4) is 0 Å². The zero-order chi connectivity index (χ0) is 25.8. The van der Waals surface area contributed by atoms with Crippen LogP contribution in [0.5, 0.6) is 0 Å². The summed E-state index contributed by atoms with van der Waals surface area (Å²) in [5, 5.41) is 12.3. The molecule has 6 heteroatoms. The van der Waals surface area contributed by atoms with E-state index in [1.165, 1.54) is 0 Å². The zero-order valence-corrected chi connectivity index (χ0v) is 23.2. The molecule has 1 N–H and O–H groups in total. The van der Waals surface area contributed by atoms with Crippen LogP contribution in [0.25, 0.3) is 0 Å². The molecular formula is C29H44N2O3S. The van der Waals surface area contributed by atoms with Crippen molar-refractivity contribution in [2.75, 3.05) is 38.8 Å². The monoisotopic (exact) mass is 500 g/mol. The highest BCUT2D eigenvalue weighted by molar-refractivity contribution is 7.91. The van der Waals surface area contributed by atoms with E-state index < -0.39 is 27.3 Å². The molecule has 35 heavy (non-hydrogen) atoms. The van der Waals surface area contributed by atoms with E-state index in [1.807, 2.05) is 51.3 Å². The van der Waals surface area contributed by atoms with Gasteiger partial charge in [-0.05, 0) is 61.8 Å². The van der Waals surface area contributed by atoms with Gasteiger partial charge in [0.05, 0.1) is 16.8 Å². The Hall–Kier alpha value is -1.89. The van der Waals surface area contributed by atoms with Crippen LogP contribution in [0, 0.1) is 5.41 Å². The highest BCUT2D eigenvalue weighted by atomic mass is 32.2. The van der Waals surface area contributed by atoms with Gasteiger partial charge in [0.25, 0.3) is 0 Å². The van der Waals surface area contributed by atoms with Crippen LogP contribution in [-0.4, -0.2) is 58.5 Å². The molecule has 0 aliphatic carbocycles. The minimum atomic E-state index is -3.58. The van der Waals surface area contributed by atoms with Gasteiger partial charge in [-0.1, -0.05) is 63.8 Å². The van der Waals surface area contributed by atoms with Crippen LogP contribution in [0.15, 0.2) is 47.4 Å². The summed E-state index contributed by atoms with van der Waals surface area (Å²) >= 11 is 0. The smallest absolute Gasteiger partial charge is 0.179 e. The second-order valence-electron chi connectivity index (χ2n) is 10.9. The number of aliphatic hydroxyl groups is 1. The first-order valence-electron chi connectivity index (χ1n) is 13.0. The maximum Gasteiger partial charge on any atom is 0.179 e. The maximum absolute atomic E-state index is 13.9. The summed E-state index contributed by atoms with van der Waals surface area (Å²) in [4.78, 5) is 4.49. The Kier molecular flexibility index (Phi) is 9.06. The molecule has 2 aromatic carbocycles. The van der Waals surface area contributed by atoms with Gasteiger partial charge in [0.15, 0.2) is 9.84 Å². The number of rotatable bonds is 10. The molecule has 0 saturated carbocycles. The van der Waals surface area contributed by atoms with Gasteiger partial charge in [0.2, 0.25) is 0 Å². The van der Waals surface area contributed by atoms with Gasteiger partial charge in [-0.15, -0.1) is 0 Å². The molecule has 0 bridgehead atoms. The minimum Gasteiger partial charge on any atom is -0.392 e. The van der Waals surface area contributed by atoms with Gasteiger partial charge in [-0.25, -0.2) is 8.42 Å². The number of anilines is 1. The number of aliphatic hydroxyl groups excluding tert-OH is 1. The molecule has 194 valence electrons. The van der Waals surface area contributed by atoms with Gasteiger partial charge in [0, 0.05) is 37.7 Å². The van der Waals surface area contributed by atoms with Crippen LogP contribution in [0.1, 0.15) is 75.0 Å². The number of unbranched alkanes of at least 4 members (excludes halogenated alkanes) is 2. The molecule has 1 aliphatic heterocycles. The molecule has 1 heterocycles. The maximum atomic E-state index is 13.9. The second kappa shape index (κ2) is 11.4. The molecule has 0 aromatic heterocycles. The van der Waals surface area contributed by atoms with Gasteiger partial charge < -0.3 is 14.9 Å². The average Bonchev–Trinajstić information content (AvgIpc) is 2.87. The van der Waals surface area contributed by atoms with Crippen LogP contribution in [0.3, 0.4) is 0 Å². The molecular weight excluding hydrogens is 456 g/mol. The van der Waals surface area contributed by atoms with E-state index in [0.717, 1.165) is 54.6 Å². The van der Waals surface area contributed by atoms with Crippen molar-refractivity contribution in [1.29, 1.82) is 0 Å². The lowest BCUT2D eigenvalue weighted by Gasteiger charge is -2.40. The standard InChI is InChI=1S/C29H44N2O3S/c1-7-9-16-29(17-10-8-2)21-35(33,34)26-15-14-24(31(5)6)19-25(26)27(28(29)32)23-13-11-12-22(18-23)20-30(3)4/h11-15,18-19,27-28,32H,7-10,16-17,20-21H2,1-6H3/t27-,28-/m1/s1. The highest BCUT2D eigenvalue weighted by Crippen LogP contribution is 2.50. The summed E-state index contributed by atoms with van der Waals surface area (Å²) in [6, 6.07) is 14.0. The quantitative estimate of drug-likeness (QED) is 0.469. The molecule has 0 fully saturated rings. The molecule has 1 aliphatic rings. The fourth-order valence-corrected chi connectivity index (χ4v) is 7.83. The SMILES string of the molecule is CCCCC1(CCCC)CS(=O)(=O)c2ccc(N(C)C)cc2[C@@H](c2cccc(CN(C)C)c2)[C@H]1O. The summed E-state index contributed by atoms with van der Waals surface area (Å²) in [5.74, 6) is -0.401. The molecule has 3 rings (SSSR count). The average molecular weight is 501 g/mol. The summed E-state index contributed by atoms with van der Waals surface area (Å²) < 4.78 is 27.8. The molecule has 0 spiro atoms. The summed E-state index contributed by atoms with van der Waals surface area (Å²) in [6.07, 6.45) is 4.40. The molecule has 0 radical (unpaired) electrons. The lowest BCUT2D eigenvalue weighted by Crippen LogP contribution is -2.43. The predicted octanol–water partition coefficient (Wildman–Crippen LogP) is 5.46. The van der Waals surface area contributed by atoms with E-state index >= 15 is 0 Å². The van der Waals surface area contributed by atoms with Gasteiger partial charge in [-0.2, -0.15) is 0 Å². The number of hydrogen-bond acceptors (Lipinski definition) is 5. The van der Waals surface area contributed by atoms with Crippen LogP contribution in [0.4, 0.5) is 5.69 Å². The summed E-state index contributed by atoms with van der Waals surface area (Å²) in [5.41, 5.74) is 3.13. The minimum absolute atomic E-state index is 0.00334. The van der Waals surface area contributed by atoms with Gasteiger partial charge >= 0.3 is 0 Å². The third kappa shape index (κ3) is 6.10. The number of nitrogens with zero attached hydrogens (tertiary/aromatic N) is 2. The summed E-state index contributed by atoms with van der Waals surface area (Å²) in [7, 11) is 4.42. The van der Waals surface area contributed by atoms with E-state index in [-0.39, 0.29) is 5.75 Å². The van der Waals surface area contributed by atoms with Crippen molar-refractivity contribution in [3.05, 3.63) is 59.2 Å². The predicted molar refractivity (Wildman–Crippen MR) is 146 cm³/mol. The molecule has 2 aromatic rings. The topological polar surface area (TPSA) is 60.9 Å². The fourth-order valence-electron chi connectivity index (χ4n) is 5.64. The third-order valence-corrected chi connectivity index (χ3v) is 9.46. The van der Waals surface area contributed by atoms with Crippen molar-refractivity contribution in [1.82, 2.24) is 4.90 Å². The van der Waals surface area contributed by atoms with Crippen molar-refractivity contribution in [2.24, 2.45) is 5.41 Å². The van der Waals surface area contributed by atoms with E-state index in [4.69, 9.17) is 0 Å². The largest absolute Gasteiger partial charge is 0.392 e. The van der Waals surface area contributed by atoms with Crippen LogP contribution < -0.4 is 4.90 Å². The molecule has 2 atom stereocenters. The lowest BCUT2D eigenvalue weighted by molar-refractivity contribution is 0.0127. The van der Waals surface area contributed by atoms with Crippen molar-refractivity contribution >= 4 is 15.5 Å². The Labute approximate surface area is 213 Å². The Bertz CT molecular complexity index is 1090. The van der Waals surface area contributed by atoms with E-state index in [2.05, 4.69) is 36.9 Å². The lowest BCUT2D eigenvalue weighted by atomic mass is 9.68. The van der Waals surface area contributed by atoms with E-state index in [9.17, 15) is 13.5 Å². The second-order valence-corrected chi connectivity index (χ2v) is 12.8. The molecule has 0 saturated heterocycles. The van der Waals surface area contributed by atoms with Crippen LogP contribution in [-0.2, 0) is 16.4 Å². The Balaban J connectivity index is 2.30. The zero-order valence-electron chi connectivity index (χ0n) is 22.4. The Morgan fingerprint density at radius 1 is 0.971 bits per heavy atom. The van der Waals surface area contributed by atoms with Crippen molar-refractivity contribution in [3.63, 3.8) is 0 Å². The first-order valence-corrected chi connectivity index (χ1v) is 14.7. The Morgan fingerprint density at radius 2 is 1.63 bits per heavy atom. The molecule has 0 amide bonds. The van der Waals surface area contributed by atoms with Crippen molar-refractivity contribution in [2.45, 2.75) is 75.8 Å². The highest BCUT2D eigenvalue weighted by Gasteiger charge is 2.49. The number of benzene rings is 2. The molecule has 0 unspecified atom stereocenters.